The van der Waals surface area contributed by atoms with Gasteiger partial charge in [-0.1, -0.05) is 37.1 Å². The number of carbonyl (C=O) groups is 2. The van der Waals surface area contributed by atoms with E-state index >= 15 is 0 Å². The number of imidazole rings is 1. The Morgan fingerprint density at radius 3 is 2.58 bits per heavy atom. The van der Waals surface area contributed by atoms with Crippen LogP contribution in [0, 0.1) is 0 Å². The van der Waals surface area contributed by atoms with Gasteiger partial charge in [0.1, 0.15) is 11.4 Å². The highest BCUT2D eigenvalue weighted by molar-refractivity contribution is 5.99. The van der Waals surface area contributed by atoms with Gasteiger partial charge in [0.2, 0.25) is 5.91 Å². The number of nitrogens with zero attached hydrogens (tertiary/aromatic N) is 1. The van der Waals surface area contributed by atoms with E-state index in [-0.39, 0.29) is 5.91 Å². The Kier molecular flexibility index (Phi) is 3.95. The van der Waals surface area contributed by atoms with E-state index < -0.39 is 11.4 Å². The summed E-state index contributed by atoms with van der Waals surface area (Å²) in [7, 11) is 0. The Morgan fingerprint density at radius 1 is 1.08 bits per heavy atom. The van der Waals surface area contributed by atoms with Gasteiger partial charge in [-0.3, -0.25) is 9.59 Å². The number of primary amides is 1. The Bertz CT molecular complexity index is 953. The van der Waals surface area contributed by atoms with Gasteiger partial charge in [0.05, 0.1) is 11.0 Å². The third-order valence-electron chi connectivity index (χ3n) is 5.07. The third kappa shape index (κ3) is 2.83. The maximum absolute atomic E-state index is 12.7. The lowest BCUT2D eigenvalue weighted by atomic mass is 9.96. The van der Waals surface area contributed by atoms with Crippen LogP contribution in [0.4, 0.5) is 0 Å². The van der Waals surface area contributed by atoms with Crippen molar-refractivity contribution in [2.75, 3.05) is 0 Å². The average molecular weight is 348 g/mol. The molecule has 0 aliphatic heterocycles. The normalized spacial score (nSPS) is 15.8. The van der Waals surface area contributed by atoms with Crippen molar-refractivity contribution < 1.29 is 9.59 Å². The minimum Gasteiger partial charge on any atom is -0.368 e. The molecule has 4 N–H and O–H groups in total. The van der Waals surface area contributed by atoms with E-state index in [1.807, 2.05) is 36.4 Å². The summed E-state index contributed by atoms with van der Waals surface area (Å²) in [5, 5.41) is 2.87. The number of fused-ring (bicyclic) bond motifs is 1. The van der Waals surface area contributed by atoms with Crippen LogP contribution in [0.25, 0.3) is 22.4 Å². The number of H-pyrrole nitrogens is 1. The molecule has 1 aliphatic rings. The lowest BCUT2D eigenvalue weighted by Crippen LogP contribution is -2.55. The van der Waals surface area contributed by atoms with Gasteiger partial charge >= 0.3 is 0 Å². The summed E-state index contributed by atoms with van der Waals surface area (Å²) in [6, 6.07) is 15.0. The molecule has 0 atom stereocenters. The van der Waals surface area contributed by atoms with E-state index in [0.717, 1.165) is 29.4 Å². The van der Waals surface area contributed by atoms with E-state index in [1.165, 1.54) is 0 Å². The van der Waals surface area contributed by atoms with Gasteiger partial charge in [-0.2, -0.15) is 0 Å². The lowest BCUT2D eigenvalue weighted by molar-refractivity contribution is -0.123. The molecule has 0 bridgehead atoms. The molecule has 26 heavy (non-hydrogen) atoms. The van der Waals surface area contributed by atoms with Gasteiger partial charge < -0.3 is 16.0 Å². The number of carbonyl (C=O) groups excluding carboxylic acids is 2. The Morgan fingerprint density at radius 2 is 1.85 bits per heavy atom. The number of hydrogen-bond donors (Lipinski definition) is 3. The van der Waals surface area contributed by atoms with Crippen molar-refractivity contribution in [3.05, 3.63) is 54.1 Å². The summed E-state index contributed by atoms with van der Waals surface area (Å²) >= 11 is 0. The van der Waals surface area contributed by atoms with Crippen LogP contribution in [0.15, 0.2) is 48.5 Å². The fourth-order valence-corrected chi connectivity index (χ4v) is 3.60. The highest BCUT2D eigenvalue weighted by Gasteiger charge is 2.41. The predicted octanol–water partition coefficient (Wildman–Crippen LogP) is 2.76. The van der Waals surface area contributed by atoms with Crippen LogP contribution in [0.2, 0.25) is 0 Å². The van der Waals surface area contributed by atoms with Crippen LogP contribution in [-0.2, 0) is 4.79 Å². The minimum absolute atomic E-state index is 0.288. The van der Waals surface area contributed by atoms with Crippen molar-refractivity contribution in [1.29, 1.82) is 0 Å². The minimum atomic E-state index is -0.924. The third-order valence-corrected chi connectivity index (χ3v) is 5.07. The zero-order valence-electron chi connectivity index (χ0n) is 14.3. The molecule has 0 saturated heterocycles. The first-order valence-corrected chi connectivity index (χ1v) is 8.75. The molecular formula is C20H20N4O2. The van der Waals surface area contributed by atoms with Gasteiger partial charge in [-0.15, -0.1) is 0 Å². The summed E-state index contributed by atoms with van der Waals surface area (Å²) in [5.41, 5.74) is 7.74. The lowest BCUT2D eigenvalue weighted by Gasteiger charge is -2.26. The molecule has 0 spiro atoms. The number of nitrogens with two attached hydrogens (primary N) is 1. The van der Waals surface area contributed by atoms with E-state index in [0.29, 0.717) is 24.2 Å². The van der Waals surface area contributed by atoms with Gasteiger partial charge in [-0.05, 0) is 37.1 Å². The van der Waals surface area contributed by atoms with Gasteiger partial charge in [0.15, 0.2) is 0 Å². The maximum atomic E-state index is 12.7. The average Bonchev–Trinajstić information content (AvgIpc) is 3.29. The number of amides is 2. The Hall–Kier alpha value is -3.15. The number of benzene rings is 2. The monoisotopic (exact) mass is 348 g/mol. The van der Waals surface area contributed by atoms with Crippen LogP contribution in [0.3, 0.4) is 0 Å². The van der Waals surface area contributed by atoms with Gasteiger partial charge in [0.25, 0.3) is 5.91 Å². The molecule has 1 aliphatic carbocycles. The fourth-order valence-electron chi connectivity index (χ4n) is 3.60. The first-order valence-electron chi connectivity index (χ1n) is 8.75. The number of aromatic nitrogens is 2. The molecule has 132 valence electrons. The summed E-state index contributed by atoms with van der Waals surface area (Å²) < 4.78 is 0. The van der Waals surface area contributed by atoms with Crippen molar-refractivity contribution in [3.63, 3.8) is 0 Å². The molecule has 4 rings (SSSR count). The van der Waals surface area contributed by atoms with E-state index in [9.17, 15) is 9.59 Å². The molecule has 2 amide bonds. The zero-order chi connectivity index (χ0) is 18.1. The summed E-state index contributed by atoms with van der Waals surface area (Å²) in [6.45, 7) is 0. The van der Waals surface area contributed by atoms with Crippen molar-refractivity contribution in [1.82, 2.24) is 15.3 Å². The van der Waals surface area contributed by atoms with Crippen molar-refractivity contribution in [2.45, 2.75) is 31.2 Å². The molecular weight excluding hydrogens is 328 g/mol. The van der Waals surface area contributed by atoms with Crippen LogP contribution in [-0.4, -0.2) is 27.3 Å². The standard InChI is InChI=1S/C20H20N4O2/c21-19(26)20(10-3-4-11-20)24-18(25)14-7-5-6-13(12-14)17-22-15-8-1-2-9-16(15)23-17/h1-2,5-9,12H,3-4,10-11H2,(H2,21,26)(H,22,23)(H,24,25). The van der Waals surface area contributed by atoms with E-state index in [1.54, 1.807) is 12.1 Å². The Labute approximate surface area is 150 Å². The van der Waals surface area contributed by atoms with Crippen LogP contribution in [0.5, 0.6) is 0 Å². The largest absolute Gasteiger partial charge is 0.368 e. The number of rotatable bonds is 4. The second-order valence-electron chi connectivity index (χ2n) is 6.79. The van der Waals surface area contributed by atoms with Crippen molar-refractivity contribution >= 4 is 22.8 Å². The van der Waals surface area contributed by atoms with E-state index in [4.69, 9.17) is 5.73 Å². The number of hydrogen-bond acceptors (Lipinski definition) is 3. The van der Waals surface area contributed by atoms with Crippen LogP contribution in [0.1, 0.15) is 36.0 Å². The van der Waals surface area contributed by atoms with Gasteiger partial charge in [-0.25, -0.2) is 4.98 Å². The quantitative estimate of drug-likeness (QED) is 0.676. The van der Waals surface area contributed by atoms with Crippen molar-refractivity contribution in [3.8, 4) is 11.4 Å². The number of nitrogens with one attached hydrogen (secondary N) is 2. The second-order valence-corrected chi connectivity index (χ2v) is 6.79. The van der Waals surface area contributed by atoms with Crippen LogP contribution >= 0.6 is 0 Å². The smallest absolute Gasteiger partial charge is 0.252 e. The summed E-state index contributed by atoms with van der Waals surface area (Å²) in [6.07, 6.45) is 2.97. The van der Waals surface area contributed by atoms with Crippen molar-refractivity contribution in [2.24, 2.45) is 5.73 Å². The molecule has 0 unspecified atom stereocenters. The highest BCUT2D eigenvalue weighted by atomic mass is 16.2. The Balaban J connectivity index is 1.63. The molecule has 2 aromatic carbocycles. The molecule has 1 saturated carbocycles. The maximum Gasteiger partial charge on any atom is 0.252 e. The SMILES string of the molecule is NC(=O)C1(NC(=O)c2cccc(-c3nc4ccccc4[nH]3)c2)CCCC1. The van der Waals surface area contributed by atoms with E-state index in [2.05, 4.69) is 15.3 Å². The first kappa shape index (κ1) is 16.3. The summed E-state index contributed by atoms with van der Waals surface area (Å²) in [4.78, 5) is 32.4. The number of para-hydroxylation sites is 2. The molecule has 3 aromatic rings. The van der Waals surface area contributed by atoms with Crippen LogP contribution < -0.4 is 11.1 Å². The molecule has 1 aromatic heterocycles. The second kappa shape index (κ2) is 6.29. The molecule has 6 nitrogen and oxygen atoms in total. The predicted molar refractivity (Wildman–Crippen MR) is 99.4 cm³/mol. The topological polar surface area (TPSA) is 101 Å². The summed E-state index contributed by atoms with van der Waals surface area (Å²) in [5.74, 6) is -0.0493. The molecule has 1 fully saturated rings. The first-order chi connectivity index (χ1) is 12.6. The molecule has 0 radical (unpaired) electrons. The highest BCUT2D eigenvalue weighted by Crippen LogP contribution is 2.30. The number of aromatic amines is 1. The molecule has 1 heterocycles. The molecule has 6 heteroatoms. The zero-order valence-corrected chi connectivity index (χ0v) is 14.3. The fraction of sp³-hybridized carbons (Fsp3) is 0.250. The van der Waals surface area contributed by atoms with Gasteiger partial charge in [0, 0.05) is 11.1 Å².